The topological polar surface area (TPSA) is 125 Å². The van der Waals surface area contributed by atoms with Crippen molar-refractivity contribution in [2.24, 2.45) is 0 Å². The van der Waals surface area contributed by atoms with Crippen LogP contribution in [0.4, 0.5) is 10.5 Å². The fourth-order valence-electron chi connectivity index (χ4n) is 3.98. The molecular formula is C26H23ClN2O6. The van der Waals surface area contributed by atoms with E-state index in [1.165, 1.54) is 18.2 Å². The summed E-state index contributed by atoms with van der Waals surface area (Å²) in [4.78, 5) is 36.0. The highest BCUT2D eigenvalue weighted by atomic mass is 35.5. The maximum absolute atomic E-state index is 12.5. The first-order valence-corrected chi connectivity index (χ1v) is 11.2. The van der Waals surface area contributed by atoms with Crippen LogP contribution < -0.4 is 10.6 Å². The van der Waals surface area contributed by atoms with Crippen molar-refractivity contribution in [3.8, 4) is 11.1 Å². The fraction of sp³-hybridized carbons (Fsp3) is 0.192. The molecule has 8 nitrogen and oxygen atoms in total. The lowest BCUT2D eigenvalue weighted by Crippen LogP contribution is -2.46. The van der Waals surface area contributed by atoms with Gasteiger partial charge in [-0.3, -0.25) is 10.1 Å². The molecule has 4 rings (SSSR count). The smallest absolute Gasteiger partial charge is 0.411 e. The summed E-state index contributed by atoms with van der Waals surface area (Å²) in [5.74, 6) is -2.23. The Hall–Kier alpha value is -3.88. The Morgan fingerprint density at radius 1 is 1.00 bits per heavy atom. The number of ether oxygens (including phenoxy) is 1. The molecule has 1 aliphatic carbocycles. The van der Waals surface area contributed by atoms with Gasteiger partial charge in [-0.05, 0) is 47.4 Å². The number of benzene rings is 3. The number of rotatable bonds is 7. The molecule has 0 aromatic heterocycles. The molecule has 1 unspecified atom stereocenters. The second-order valence-electron chi connectivity index (χ2n) is 8.44. The number of fused-ring (bicyclic) bond motifs is 3. The zero-order chi connectivity index (χ0) is 25.2. The van der Waals surface area contributed by atoms with Gasteiger partial charge in [0.05, 0.1) is 6.54 Å². The second-order valence-corrected chi connectivity index (χ2v) is 8.88. The molecule has 3 aromatic carbocycles. The van der Waals surface area contributed by atoms with Gasteiger partial charge in [-0.2, -0.15) is 0 Å². The molecule has 0 radical (unpaired) electrons. The lowest BCUT2D eigenvalue weighted by atomic mass is 9.98. The first-order valence-electron chi connectivity index (χ1n) is 10.8. The standard InChI is InChI=1S/C26H23ClN2O6/c1-26(34,24(31)32)14-28-23(30)15-10-16(27)12-17(11-15)29-25(33)35-13-22-20-8-4-2-6-18(20)19-7-3-5-9-21(19)22/h2-12,22,34H,13-14H2,1H3,(H,28,30)(H,29,33)(H,31,32). The minimum Gasteiger partial charge on any atom is -0.479 e. The Kier molecular flexibility index (Phi) is 6.77. The summed E-state index contributed by atoms with van der Waals surface area (Å²) >= 11 is 6.10. The molecule has 1 atom stereocenters. The lowest BCUT2D eigenvalue weighted by molar-refractivity contribution is -0.155. The number of nitrogens with one attached hydrogen (secondary N) is 2. The maximum atomic E-state index is 12.5. The zero-order valence-electron chi connectivity index (χ0n) is 18.7. The van der Waals surface area contributed by atoms with Crippen LogP contribution in [0, 0.1) is 0 Å². The Morgan fingerprint density at radius 2 is 1.60 bits per heavy atom. The highest BCUT2D eigenvalue weighted by Gasteiger charge is 2.31. The van der Waals surface area contributed by atoms with Gasteiger partial charge in [0, 0.05) is 22.2 Å². The number of hydrogen-bond donors (Lipinski definition) is 4. The molecule has 0 saturated carbocycles. The van der Waals surface area contributed by atoms with Crippen LogP contribution in [0.2, 0.25) is 5.02 Å². The van der Waals surface area contributed by atoms with Crippen molar-refractivity contribution in [3.63, 3.8) is 0 Å². The van der Waals surface area contributed by atoms with Crippen LogP contribution in [-0.2, 0) is 9.53 Å². The molecule has 0 aliphatic heterocycles. The van der Waals surface area contributed by atoms with E-state index in [0.29, 0.717) is 0 Å². The summed E-state index contributed by atoms with van der Waals surface area (Å²) in [6.45, 7) is 0.679. The van der Waals surface area contributed by atoms with Crippen molar-refractivity contribution in [1.29, 1.82) is 0 Å². The van der Waals surface area contributed by atoms with Crippen molar-refractivity contribution < 1.29 is 29.3 Å². The molecule has 1 aliphatic rings. The number of halogens is 1. The largest absolute Gasteiger partial charge is 0.479 e. The van der Waals surface area contributed by atoms with Gasteiger partial charge in [-0.25, -0.2) is 9.59 Å². The Bertz CT molecular complexity index is 1260. The number of carboxylic acids is 1. The van der Waals surface area contributed by atoms with Gasteiger partial charge in [0.15, 0.2) is 5.60 Å². The van der Waals surface area contributed by atoms with E-state index in [1.807, 2.05) is 48.5 Å². The zero-order valence-corrected chi connectivity index (χ0v) is 19.5. The van der Waals surface area contributed by atoms with Crippen LogP contribution in [0.3, 0.4) is 0 Å². The normalized spacial score (nSPS) is 13.8. The quantitative estimate of drug-likeness (QED) is 0.389. The van der Waals surface area contributed by atoms with Crippen LogP contribution in [0.25, 0.3) is 11.1 Å². The van der Waals surface area contributed by atoms with Crippen molar-refractivity contribution in [2.45, 2.75) is 18.4 Å². The first-order chi connectivity index (χ1) is 16.7. The van der Waals surface area contributed by atoms with Gasteiger partial charge >= 0.3 is 12.1 Å². The Balaban J connectivity index is 1.41. The summed E-state index contributed by atoms with van der Waals surface area (Å²) in [6, 6.07) is 20.2. The minimum atomic E-state index is -2.13. The number of hydrogen-bond acceptors (Lipinski definition) is 5. The van der Waals surface area contributed by atoms with Crippen LogP contribution in [0.1, 0.15) is 34.3 Å². The number of carbonyl (C=O) groups is 3. The third kappa shape index (κ3) is 5.29. The van der Waals surface area contributed by atoms with E-state index in [9.17, 15) is 19.5 Å². The van der Waals surface area contributed by atoms with Gasteiger partial charge in [-0.15, -0.1) is 0 Å². The average molecular weight is 495 g/mol. The maximum Gasteiger partial charge on any atom is 0.411 e. The SMILES string of the molecule is CC(O)(CNC(=O)c1cc(Cl)cc(NC(=O)OCC2c3ccccc3-c3ccccc32)c1)C(=O)O. The van der Waals surface area contributed by atoms with E-state index in [1.54, 1.807) is 0 Å². The molecule has 2 amide bonds. The molecule has 9 heteroatoms. The molecular weight excluding hydrogens is 472 g/mol. The van der Waals surface area contributed by atoms with Crippen molar-refractivity contribution in [3.05, 3.63) is 88.4 Å². The number of carboxylic acid groups (broad SMARTS) is 1. The summed E-state index contributed by atoms with van der Waals surface area (Å²) in [5.41, 5.74) is 2.57. The van der Waals surface area contributed by atoms with E-state index in [-0.39, 0.29) is 28.8 Å². The molecule has 180 valence electrons. The average Bonchev–Trinajstić information content (AvgIpc) is 3.14. The van der Waals surface area contributed by atoms with Crippen molar-refractivity contribution >= 4 is 35.3 Å². The predicted molar refractivity (Wildman–Crippen MR) is 131 cm³/mol. The van der Waals surface area contributed by atoms with Gasteiger partial charge in [0.25, 0.3) is 5.91 Å². The molecule has 4 N–H and O–H groups in total. The molecule has 0 fully saturated rings. The summed E-state index contributed by atoms with van der Waals surface area (Å²) < 4.78 is 5.51. The third-order valence-electron chi connectivity index (χ3n) is 5.80. The Morgan fingerprint density at radius 3 is 2.20 bits per heavy atom. The fourth-order valence-corrected chi connectivity index (χ4v) is 4.21. The highest BCUT2D eigenvalue weighted by molar-refractivity contribution is 6.31. The van der Waals surface area contributed by atoms with Crippen molar-refractivity contribution in [1.82, 2.24) is 5.32 Å². The van der Waals surface area contributed by atoms with Crippen LogP contribution in [0.5, 0.6) is 0 Å². The van der Waals surface area contributed by atoms with Crippen molar-refractivity contribution in [2.75, 3.05) is 18.5 Å². The molecule has 35 heavy (non-hydrogen) atoms. The number of amides is 2. The van der Waals surface area contributed by atoms with E-state index in [0.717, 1.165) is 29.2 Å². The van der Waals surface area contributed by atoms with Gasteiger partial charge < -0.3 is 20.3 Å². The molecule has 3 aromatic rings. The van der Waals surface area contributed by atoms with Crippen LogP contribution >= 0.6 is 11.6 Å². The van der Waals surface area contributed by atoms with Crippen LogP contribution in [0.15, 0.2) is 66.7 Å². The van der Waals surface area contributed by atoms with Gasteiger partial charge in [-0.1, -0.05) is 60.1 Å². The second kappa shape index (κ2) is 9.77. The third-order valence-corrected chi connectivity index (χ3v) is 6.02. The summed E-state index contributed by atoms with van der Waals surface area (Å²) in [6.07, 6.45) is -0.714. The summed E-state index contributed by atoms with van der Waals surface area (Å²) in [5, 5.41) is 23.8. The predicted octanol–water partition coefficient (Wildman–Crippen LogP) is 4.27. The number of aliphatic carboxylic acids is 1. The van der Waals surface area contributed by atoms with E-state index in [4.69, 9.17) is 21.4 Å². The van der Waals surface area contributed by atoms with Gasteiger partial charge in [0.1, 0.15) is 6.61 Å². The monoisotopic (exact) mass is 494 g/mol. The Labute approximate surface area is 206 Å². The number of carbonyl (C=O) groups excluding carboxylic acids is 2. The number of aliphatic hydroxyl groups is 1. The summed E-state index contributed by atoms with van der Waals surface area (Å²) in [7, 11) is 0. The van der Waals surface area contributed by atoms with Gasteiger partial charge in [0.2, 0.25) is 0 Å². The lowest BCUT2D eigenvalue weighted by Gasteiger charge is -2.18. The number of anilines is 1. The van der Waals surface area contributed by atoms with E-state index in [2.05, 4.69) is 10.6 Å². The van der Waals surface area contributed by atoms with E-state index >= 15 is 0 Å². The minimum absolute atomic E-state index is 0.0765. The van der Waals surface area contributed by atoms with Crippen LogP contribution in [-0.4, -0.2) is 46.9 Å². The highest BCUT2D eigenvalue weighted by Crippen LogP contribution is 2.44. The molecule has 0 heterocycles. The molecule has 0 bridgehead atoms. The first kappa shape index (κ1) is 24.3. The molecule has 0 saturated heterocycles. The molecule has 0 spiro atoms. The van der Waals surface area contributed by atoms with E-state index < -0.39 is 30.1 Å².